The van der Waals surface area contributed by atoms with Crippen molar-refractivity contribution in [3.63, 3.8) is 0 Å². The molecule has 2 aromatic heterocycles. The Labute approximate surface area is 233 Å². The van der Waals surface area contributed by atoms with Gasteiger partial charge in [0.15, 0.2) is 5.78 Å². The van der Waals surface area contributed by atoms with Crippen LogP contribution in [0, 0.1) is 11.7 Å². The van der Waals surface area contributed by atoms with Gasteiger partial charge in [0, 0.05) is 50.0 Å². The van der Waals surface area contributed by atoms with Crippen LogP contribution in [0.2, 0.25) is 0 Å². The molecule has 0 saturated carbocycles. The molecule has 0 fully saturated rings. The predicted molar refractivity (Wildman–Crippen MR) is 149 cm³/mol. The molecule has 1 N–H and O–H groups in total. The van der Waals surface area contributed by atoms with Crippen LogP contribution < -0.4 is 10.9 Å². The number of hydrogen-bond acceptors (Lipinski definition) is 7. The largest absolute Gasteiger partial charge is 0.453 e. The van der Waals surface area contributed by atoms with Crippen LogP contribution in [-0.4, -0.2) is 65.2 Å². The number of methoxy groups -OCH3 is 1. The number of fused-ring (bicyclic) bond motifs is 1. The summed E-state index contributed by atoms with van der Waals surface area (Å²) < 4.78 is 20.6. The number of alkyl carbamates (subject to hydrolysis) is 1. The van der Waals surface area contributed by atoms with E-state index in [0.29, 0.717) is 35.7 Å². The molecule has 1 atom stereocenters. The van der Waals surface area contributed by atoms with Gasteiger partial charge in [-0.2, -0.15) is 0 Å². The average molecular weight is 554 g/mol. The van der Waals surface area contributed by atoms with Gasteiger partial charge in [0.05, 0.1) is 37.3 Å². The zero-order chi connectivity index (χ0) is 29.4. The fraction of sp³-hybridized carbons (Fsp3) is 0.448. The number of halogens is 1. The molecule has 0 radical (unpaired) electrons. The Hall–Kier alpha value is -4.15. The third-order valence-electron chi connectivity index (χ3n) is 6.44. The molecule has 2 amide bonds. The van der Waals surface area contributed by atoms with Gasteiger partial charge in [-0.15, -0.1) is 0 Å². The number of allylic oxidation sites excluding steroid dienone is 1. The van der Waals surface area contributed by atoms with Crippen LogP contribution in [0.3, 0.4) is 0 Å². The van der Waals surface area contributed by atoms with E-state index in [4.69, 9.17) is 0 Å². The molecule has 40 heavy (non-hydrogen) atoms. The van der Waals surface area contributed by atoms with Crippen LogP contribution in [0.4, 0.5) is 14.9 Å². The van der Waals surface area contributed by atoms with Crippen LogP contribution in [0.1, 0.15) is 43.5 Å². The summed E-state index contributed by atoms with van der Waals surface area (Å²) in [5.74, 6) is -0.659. The van der Waals surface area contributed by atoms with Gasteiger partial charge in [-0.05, 0) is 37.3 Å². The molecule has 0 unspecified atom stereocenters. The number of ether oxygens (including phenoxy) is 1. The zero-order valence-corrected chi connectivity index (χ0v) is 23.6. The SMILES string of the molecule is COC(=O)N[C@@H](CC/C=C/C(=O)N(C)C)C(=O)Cc1cccn(CC2=Nc3c(CC(C)C)ncc(F)c3C2)c1=O. The normalized spacial score (nSPS) is 13.2. The number of ketones is 1. The molecule has 0 spiro atoms. The van der Waals surface area contributed by atoms with Gasteiger partial charge in [0.1, 0.15) is 5.82 Å². The van der Waals surface area contributed by atoms with Crippen LogP contribution >= 0.6 is 0 Å². The second-order valence-electron chi connectivity index (χ2n) is 10.3. The number of nitrogens with one attached hydrogen (secondary N) is 1. The maximum absolute atomic E-state index is 14.5. The van der Waals surface area contributed by atoms with Gasteiger partial charge in [0.25, 0.3) is 5.56 Å². The van der Waals surface area contributed by atoms with E-state index in [0.717, 1.165) is 5.69 Å². The highest BCUT2D eigenvalue weighted by molar-refractivity contribution is 5.94. The smallest absolute Gasteiger partial charge is 0.407 e. The third kappa shape index (κ3) is 7.93. The summed E-state index contributed by atoms with van der Waals surface area (Å²) in [5.41, 5.74) is 2.27. The van der Waals surface area contributed by atoms with Gasteiger partial charge >= 0.3 is 6.09 Å². The van der Waals surface area contributed by atoms with E-state index in [2.05, 4.69) is 33.9 Å². The van der Waals surface area contributed by atoms with Crippen LogP contribution in [-0.2, 0) is 40.1 Å². The number of likely N-dealkylation sites (N-methyl/N-ethyl adjacent to an activating group) is 1. The number of pyridine rings is 2. The summed E-state index contributed by atoms with van der Waals surface area (Å²) in [4.78, 5) is 60.2. The predicted octanol–water partition coefficient (Wildman–Crippen LogP) is 3.17. The van der Waals surface area contributed by atoms with Crippen molar-refractivity contribution in [3.8, 4) is 0 Å². The lowest BCUT2D eigenvalue weighted by Crippen LogP contribution is -2.42. The number of hydrogen-bond donors (Lipinski definition) is 1. The molecule has 214 valence electrons. The van der Waals surface area contributed by atoms with E-state index >= 15 is 0 Å². The van der Waals surface area contributed by atoms with Crippen LogP contribution in [0.25, 0.3) is 0 Å². The summed E-state index contributed by atoms with van der Waals surface area (Å²) in [5, 5.41) is 2.52. The lowest BCUT2D eigenvalue weighted by molar-refractivity contribution is -0.123. The molecular weight excluding hydrogens is 517 g/mol. The van der Waals surface area contributed by atoms with Gasteiger partial charge < -0.3 is 19.5 Å². The Morgan fingerprint density at radius 3 is 2.70 bits per heavy atom. The monoisotopic (exact) mass is 553 g/mol. The second-order valence-corrected chi connectivity index (χ2v) is 10.3. The van der Waals surface area contributed by atoms with E-state index in [-0.39, 0.29) is 48.6 Å². The number of Topliss-reactive ketones (excluding diaryl/α,β-unsaturated/α-hetero) is 1. The Bertz CT molecular complexity index is 1380. The number of carbonyl (C=O) groups is 3. The maximum Gasteiger partial charge on any atom is 0.407 e. The molecule has 0 aromatic carbocycles. The first kappa shape index (κ1) is 30.4. The molecule has 2 aromatic rings. The number of aromatic nitrogens is 2. The Morgan fingerprint density at radius 2 is 2.02 bits per heavy atom. The van der Waals surface area contributed by atoms with Crippen molar-refractivity contribution < 1.29 is 23.5 Å². The average Bonchev–Trinajstić information content (AvgIpc) is 3.34. The van der Waals surface area contributed by atoms with Crippen molar-refractivity contribution >= 4 is 29.2 Å². The van der Waals surface area contributed by atoms with Crippen molar-refractivity contribution in [2.45, 2.75) is 58.5 Å². The maximum atomic E-state index is 14.5. The first-order valence-corrected chi connectivity index (χ1v) is 13.2. The Morgan fingerprint density at radius 1 is 1.27 bits per heavy atom. The van der Waals surface area contributed by atoms with Crippen LogP contribution in [0.5, 0.6) is 0 Å². The quantitative estimate of drug-likeness (QED) is 0.403. The standard InChI is InChI=1S/C29H36FN5O5/c1-18(2)13-24-27-21(22(30)16-31-24)15-20(32-27)17-35-12-8-9-19(28(35)38)14-25(36)23(33-29(39)40-5)10-6-7-11-26(37)34(3)4/h7-9,11-12,16,18,23H,6,10,13-15,17H2,1-5H3,(H,33,39)/b11-7+/t23-/m0/s1. The van der Waals surface area contributed by atoms with Gasteiger partial charge in [-0.25, -0.2) is 9.18 Å². The number of nitrogens with zero attached hydrogens (tertiary/aromatic N) is 4. The zero-order valence-electron chi connectivity index (χ0n) is 23.6. The molecular formula is C29H36FN5O5. The Kier molecular flexibility index (Phi) is 10.5. The second kappa shape index (κ2) is 13.8. The number of amides is 2. The van der Waals surface area contributed by atoms with Gasteiger partial charge in [-0.1, -0.05) is 26.0 Å². The van der Waals surface area contributed by atoms with Gasteiger partial charge in [-0.3, -0.25) is 24.4 Å². The van der Waals surface area contributed by atoms with E-state index in [1.165, 1.54) is 28.8 Å². The fourth-order valence-electron chi connectivity index (χ4n) is 4.35. The van der Waals surface area contributed by atoms with E-state index in [1.54, 1.807) is 38.5 Å². The first-order valence-electron chi connectivity index (χ1n) is 13.2. The minimum absolute atomic E-state index is 0.143. The van der Waals surface area contributed by atoms with E-state index in [9.17, 15) is 23.6 Å². The molecule has 10 nitrogen and oxygen atoms in total. The van der Waals surface area contributed by atoms with E-state index in [1.807, 2.05) is 0 Å². The molecule has 1 aliphatic heterocycles. The molecule has 3 heterocycles. The van der Waals surface area contributed by atoms with Crippen molar-refractivity contribution in [3.05, 3.63) is 69.7 Å². The Balaban J connectivity index is 1.74. The summed E-state index contributed by atoms with van der Waals surface area (Å²) in [6.07, 6.45) is 6.38. The molecule has 0 bridgehead atoms. The highest BCUT2D eigenvalue weighted by Gasteiger charge is 2.25. The van der Waals surface area contributed by atoms with Gasteiger partial charge in [0.2, 0.25) is 5.91 Å². The van der Waals surface area contributed by atoms with Crippen molar-refractivity contribution in [2.75, 3.05) is 21.2 Å². The topological polar surface area (TPSA) is 123 Å². The molecule has 1 aliphatic rings. The van der Waals surface area contributed by atoms with Crippen molar-refractivity contribution in [1.82, 2.24) is 19.8 Å². The first-order chi connectivity index (χ1) is 19.0. The molecule has 3 rings (SSSR count). The summed E-state index contributed by atoms with van der Waals surface area (Å²) in [6.45, 7) is 4.25. The highest BCUT2D eigenvalue weighted by atomic mass is 19.1. The van der Waals surface area contributed by atoms with Crippen molar-refractivity contribution in [2.24, 2.45) is 10.9 Å². The molecule has 11 heteroatoms. The summed E-state index contributed by atoms with van der Waals surface area (Å²) >= 11 is 0. The lowest BCUT2D eigenvalue weighted by Gasteiger charge is -2.16. The summed E-state index contributed by atoms with van der Waals surface area (Å²) in [6, 6.07) is 2.32. The lowest BCUT2D eigenvalue weighted by atomic mass is 10.0. The molecule has 0 saturated heterocycles. The van der Waals surface area contributed by atoms with Crippen LogP contribution in [0.15, 0.2) is 46.5 Å². The summed E-state index contributed by atoms with van der Waals surface area (Å²) in [7, 11) is 4.45. The number of carbonyl (C=O) groups excluding carboxylic acids is 3. The fourth-order valence-corrected chi connectivity index (χ4v) is 4.35. The minimum atomic E-state index is -0.914. The number of aliphatic imine (C=N–C) groups is 1. The van der Waals surface area contributed by atoms with Crippen molar-refractivity contribution in [1.29, 1.82) is 0 Å². The minimum Gasteiger partial charge on any atom is -0.453 e. The van der Waals surface area contributed by atoms with E-state index < -0.39 is 18.0 Å². The highest BCUT2D eigenvalue weighted by Crippen LogP contribution is 2.33. The third-order valence-corrected chi connectivity index (χ3v) is 6.44. The number of rotatable bonds is 12. The molecule has 0 aliphatic carbocycles.